The molecule has 6 N–H and O–H groups in total. The molecule has 0 amide bonds. The van der Waals surface area contributed by atoms with Crippen LogP contribution in [0.5, 0.6) is 40.2 Å². The lowest BCUT2D eigenvalue weighted by Gasteiger charge is -2.30. The topological polar surface area (TPSA) is 148 Å². The number of ether oxygens (including phenoxy) is 1. The molecule has 1 aliphatic rings. The fourth-order valence-corrected chi connectivity index (χ4v) is 4.66. The molecule has 0 unspecified atom stereocenters. The predicted molar refractivity (Wildman–Crippen MR) is 134 cm³/mol. The molecule has 4 aromatic carbocycles. The van der Waals surface area contributed by atoms with Crippen molar-refractivity contribution in [1.29, 1.82) is 0 Å². The number of benzene rings is 4. The van der Waals surface area contributed by atoms with E-state index in [0.717, 1.165) is 5.56 Å². The van der Waals surface area contributed by atoms with Crippen LogP contribution in [0.15, 0.2) is 66.7 Å². The van der Waals surface area contributed by atoms with E-state index in [1.807, 2.05) is 30.3 Å². The van der Waals surface area contributed by atoms with Crippen LogP contribution in [0.1, 0.15) is 50.7 Å². The van der Waals surface area contributed by atoms with Crippen LogP contribution in [0.4, 0.5) is 0 Å². The minimum atomic E-state index is -0.669. The highest BCUT2D eigenvalue weighted by Crippen LogP contribution is 2.50. The van der Waals surface area contributed by atoms with Gasteiger partial charge in [-0.1, -0.05) is 54.6 Å². The number of rotatable bonds is 5. The molecule has 0 saturated carbocycles. The van der Waals surface area contributed by atoms with Gasteiger partial charge in [0.1, 0.15) is 28.9 Å². The van der Waals surface area contributed by atoms with Crippen LogP contribution in [0.2, 0.25) is 0 Å². The Balaban J connectivity index is 1.70. The molecule has 0 aliphatic carbocycles. The maximum absolute atomic E-state index is 13.4. The fraction of sp³-hybridized carbons (Fsp3) is 0.138. The van der Waals surface area contributed by atoms with Crippen LogP contribution in [-0.4, -0.2) is 36.4 Å². The third kappa shape index (κ3) is 4.23. The van der Waals surface area contributed by atoms with E-state index < -0.39 is 34.9 Å². The second-order valence-corrected chi connectivity index (χ2v) is 8.93. The highest BCUT2D eigenvalue weighted by molar-refractivity contribution is 6.04. The number of fused-ring (bicyclic) bond motifs is 1. The third-order valence-electron chi connectivity index (χ3n) is 6.61. The van der Waals surface area contributed by atoms with Crippen molar-refractivity contribution in [2.75, 3.05) is 0 Å². The van der Waals surface area contributed by atoms with Crippen molar-refractivity contribution < 1.29 is 40.2 Å². The van der Waals surface area contributed by atoms with Crippen molar-refractivity contribution in [3.63, 3.8) is 0 Å². The smallest absolute Gasteiger partial charge is 0.174 e. The van der Waals surface area contributed by atoms with Crippen molar-refractivity contribution in [3.05, 3.63) is 100 Å². The molecule has 0 fully saturated rings. The van der Waals surface area contributed by atoms with Crippen LogP contribution < -0.4 is 4.74 Å². The van der Waals surface area contributed by atoms with Gasteiger partial charge in [-0.15, -0.1) is 0 Å². The number of para-hydroxylation sites is 2. The second kappa shape index (κ2) is 9.31. The van der Waals surface area contributed by atoms with E-state index in [1.165, 1.54) is 30.3 Å². The maximum Gasteiger partial charge on any atom is 0.174 e. The van der Waals surface area contributed by atoms with Crippen LogP contribution in [-0.2, 0) is 12.8 Å². The van der Waals surface area contributed by atoms with E-state index in [-0.39, 0.29) is 64.3 Å². The van der Waals surface area contributed by atoms with Gasteiger partial charge in [-0.05, 0) is 17.7 Å². The average Bonchev–Trinajstić information content (AvgIpc) is 2.89. The summed E-state index contributed by atoms with van der Waals surface area (Å²) in [5.74, 6) is -2.85. The molecule has 0 radical (unpaired) electrons. The molecular weight excluding hydrogens is 476 g/mol. The maximum atomic E-state index is 13.4. The summed E-state index contributed by atoms with van der Waals surface area (Å²) >= 11 is 0. The zero-order chi connectivity index (χ0) is 26.3. The molecule has 0 spiro atoms. The summed E-state index contributed by atoms with van der Waals surface area (Å²) < 4.78 is 6.20. The standard InChI is InChI=1S/C29H24O8/c30-20-10-4-8-16(25(20)33)12-18-27(35)19(13-17-9-5-11-21(31)26(17)34)29-24(28(18)36)22(32)14-23(37-29)15-6-2-1-3-7-15/h1-11,23,30-31,33-36H,12-14H2/t23-/m0/s1. The molecule has 1 aliphatic heterocycles. The highest BCUT2D eigenvalue weighted by atomic mass is 16.5. The Bertz CT molecular complexity index is 1510. The summed E-state index contributed by atoms with van der Waals surface area (Å²) in [7, 11) is 0. The van der Waals surface area contributed by atoms with E-state index in [2.05, 4.69) is 0 Å². The molecule has 4 aromatic rings. The van der Waals surface area contributed by atoms with Gasteiger partial charge in [0.25, 0.3) is 0 Å². The van der Waals surface area contributed by atoms with Gasteiger partial charge in [-0.3, -0.25) is 4.79 Å². The first-order valence-electron chi connectivity index (χ1n) is 11.6. The van der Waals surface area contributed by atoms with Crippen molar-refractivity contribution in [2.24, 2.45) is 0 Å². The van der Waals surface area contributed by atoms with Crippen molar-refractivity contribution in [3.8, 4) is 40.2 Å². The minimum absolute atomic E-state index is 0.0215. The Morgan fingerprint density at radius 3 is 1.81 bits per heavy atom. The first-order valence-corrected chi connectivity index (χ1v) is 11.6. The number of phenols is 6. The summed E-state index contributed by atoms with van der Waals surface area (Å²) in [4.78, 5) is 13.4. The van der Waals surface area contributed by atoms with E-state index in [9.17, 15) is 35.4 Å². The largest absolute Gasteiger partial charge is 0.507 e. The number of Topliss-reactive ketones (excluding diaryl/α,β-unsaturated/α-hetero) is 1. The van der Waals surface area contributed by atoms with Crippen LogP contribution >= 0.6 is 0 Å². The van der Waals surface area contributed by atoms with Gasteiger partial charge in [-0.25, -0.2) is 0 Å². The van der Waals surface area contributed by atoms with E-state index in [4.69, 9.17) is 4.74 Å². The number of carbonyl (C=O) groups excluding carboxylic acids is 1. The Morgan fingerprint density at radius 1 is 0.649 bits per heavy atom. The van der Waals surface area contributed by atoms with Crippen LogP contribution in [0.3, 0.4) is 0 Å². The second-order valence-electron chi connectivity index (χ2n) is 8.93. The molecule has 0 saturated heterocycles. The molecule has 8 nitrogen and oxygen atoms in total. The molecule has 1 heterocycles. The molecule has 37 heavy (non-hydrogen) atoms. The summed E-state index contributed by atoms with van der Waals surface area (Å²) in [5, 5.41) is 63.1. The van der Waals surface area contributed by atoms with Crippen molar-refractivity contribution in [2.45, 2.75) is 25.4 Å². The minimum Gasteiger partial charge on any atom is -0.507 e. The molecule has 5 rings (SSSR count). The van der Waals surface area contributed by atoms with Gasteiger partial charge in [0.2, 0.25) is 0 Å². The molecule has 188 valence electrons. The van der Waals surface area contributed by atoms with Crippen molar-refractivity contribution in [1.82, 2.24) is 0 Å². The summed E-state index contributed by atoms with van der Waals surface area (Å²) in [6.45, 7) is 0. The van der Waals surface area contributed by atoms with Crippen LogP contribution in [0, 0.1) is 0 Å². The number of carbonyl (C=O) groups is 1. The SMILES string of the molecule is O=C1C[C@@H](c2ccccc2)Oc2c(Cc3cccc(O)c3O)c(O)c(Cc3cccc(O)c3O)c(O)c21. The van der Waals surface area contributed by atoms with Crippen molar-refractivity contribution >= 4 is 5.78 Å². The fourth-order valence-electron chi connectivity index (χ4n) is 4.66. The lowest BCUT2D eigenvalue weighted by Crippen LogP contribution is -2.22. The van der Waals surface area contributed by atoms with Crippen LogP contribution in [0.25, 0.3) is 0 Å². The van der Waals surface area contributed by atoms with Gasteiger partial charge in [0.15, 0.2) is 28.8 Å². The van der Waals surface area contributed by atoms with Gasteiger partial charge in [0.05, 0.1) is 6.42 Å². The monoisotopic (exact) mass is 500 g/mol. The van der Waals surface area contributed by atoms with Gasteiger partial charge in [0, 0.05) is 35.1 Å². The normalized spacial score (nSPS) is 14.7. The third-order valence-corrected chi connectivity index (χ3v) is 6.61. The molecule has 1 atom stereocenters. The number of hydrogen-bond acceptors (Lipinski definition) is 8. The Labute approximate surface area is 211 Å². The number of aromatic hydroxyl groups is 6. The molecular formula is C29H24O8. The average molecular weight is 501 g/mol. The van der Waals surface area contributed by atoms with Gasteiger partial charge >= 0.3 is 0 Å². The Kier molecular flexibility index (Phi) is 6.01. The number of hydrogen-bond donors (Lipinski definition) is 6. The zero-order valence-corrected chi connectivity index (χ0v) is 19.5. The lowest BCUT2D eigenvalue weighted by molar-refractivity contribution is 0.0842. The van der Waals surface area contributed by atoms with E-state index in [0.29, 0.717) is 0 Å². The zero-order valence-electron chi connectivity index (χ0n) is 19.5. The van der Waals surface area contributed by atoms with E-state index >= 15 is 0 Å². The molecule has 8 heteroatoms. The Morgan fingerprint density at radius 2 is 1.22 bits per heavy atom. The lowest BCUT2D eigenvalue weighted by atomic mass is 9.87. The van der Waals surface area contributed by atoms with Gasteiger partial charge in [-0.2, -0.15) is 0 Å². The first kappa shape index (κ1) is 23.9. The summed E-state index contributed by atoms with van der Waals surface area (Å²) in [5.41, 5.74) is 1.16. The summed E-state index contributed by atoms with van der Waals surface area (Å²) in [6.07, 6.45) is -1.07. The summed E-state index contributed by atoms with van der Waals surface area (Å²) in [6, 6.07) is 17.8. The molecule has 0 aromatic heterocycles. The highest BCUT2D eigenvalue weighted by Gasteiger charge is 2.36. The van der Waals surface area contributed by atoms with E-state index in [1.54, 1.807) is 6.07 Å². The first-order chi connectivity index (χ1) is 17.8. The number of ketones is 1. The quantitative estimate of drug-likeness (QED) is 0.214. The number of phenolic OH excluding ortho intramolecular Hbond substituents is 6. The predicted octanol–water partition coefficient (Wildman–Crippen LogP) is 4.81. The van der Waals surface area contributed by atoms with Gasteiger partial charge < -0.3 is 35.4 Å². The molecule has 0 bridgehead atoms. The Hall–Kier alpha value is -4.85.